The van der Waals surface area contributed by atoms with Crippen LogP contribution in [0.4, 0.5) is 15.9 Å². The fourth-order valence-corrected chi connectivity index (χ4v) is 4.46. The summed E-state index contributed by atoms with van der Waals surface area (Å²) < 4.78 is 15.0. The molecule has 168 valence electrons. The first-order valence-electron chi connectivity index (χ1n) is 10.8. The van der Waals surface area contributed by atoms with Gasteiger partial charge in [-0.3, -0.25) is 4.79 Å². The highest BCUT2D eigenvalue weighted by molar-refractivity contribution is 7.19. The molecule has 1 saturated heterocycles. The van der Waals surface area contributed by atoms with Crippen LogP contribution >= 0.6 is 9.24 Å². The Morgan fingerprint density at radius 3 is 2.55 bits per heavy atom. The number of carbonyl (C=O) groups is 1. The van der Waals surface area contributed by atoms with Crippen LogP contribution in [0.1, 0.15) is 40.5 Å². The van der Waals surface area contributed by atoms with Crippen molar-refractivity contribution < 1.29 is 9.18 Å². The Labute approximate surface area is 195 Å². The van der Waals surface area contributed by atoms with E-state index in [0.29, 0.717) is 33.8 Å². The van der Waals surface area contributed by atoms with Crippen LogP contribution in [0.2, 0.25) is 0 Å². The Balaban J connectivity index is 1.85. The minimum absolute atomic E-state index is 0.0363. The zero-order chi connectivity index (χ0) is 23.8. The largest absolute Gasteiger partial charge is 0.354 e. The van der Waals surface area contributed by atoms with Crippen molar-refractivity contribution in [3.8, 4) is 17.2 Å². The predicted octanol–water partition coefficient (Wildman–Crippen LogP) is 5.47. The monoisotopic (exact) mass is 460 g/mol. The summed E-state index contributed by atoms with van der Waals surface area (Å²) in [4.78, 5) is 20.1. The lowest BCUT2D eigenvalue weighted by molar-refractivity contribution is 0.102. The molecule has 0 saturated carbocycles. The van der Waals surface area contributed by atoms with E-state index in [1.807, 2.05) is 19.9 Å². The summed E-state index contributed by atoms with van der Waals surface area (Å²) in [7, 11) is 2.90. The summed E-state index contributed by atoms with van der Waals surface area (Å²) in [5.74, 6) is -0.0593. The van der Waals surface area contributed by atoms with E-state index in [1.165, 1.54) is 6.07 Å². The molecule has 2 atom stereocenters. The number of amides is 1. The van der Waals surface area contributed by atoms with Gasteiger partial charge in [-0.05, 0) is 62.7 Å². The highest BCUT2D eigenvalue weighted by Crippen LogP contribution is 2.41. The quantitative estimate of drug-likeness (QED) is 0.524. The van der Waals surface area contributed by atoms with E-state index in [4.69, 9.17) is 10.2 Å². The molecule has 4 rings (SSSR count). The molecule has 5 nitrogen and oxygen atoms in total. The first-order valence-corrected chi connectivity index (χ1v) is 11.4. The summed E-state index contributed by atoms with van der Waals surface area (Å²) in [5.41, 5.74) is 4.06. The molecule has 1 fully saturated rings. The first kappa shape index (κ1) is 22.9. The third-order valence-corrected chi connectivity index (χ3v) is 6.33. The van der Waals surface area contributed by atoms with E-state index in [1.54, 1.807) is 36.4 Å². The molecule has 33 heavy (non-hydrogen) atoms. The number of aryl methyl sites for hydroxylation is 2. The summed E-state index contributed by atoms with van der Waals surface area (Å²) in [6.07, 6.45) is 0.963. The molecular formula is C26H26FN4OP. The van der Waals surface area contributed by atoms with Crippen LogP contribution in [0, 0.1) is 31.0 Å². The number of nitrogens with one attached hydrogen (secondary N) is 1. The third kappa shape index (κ3) is 4.89. The summed E-state index contributed by atoms with van der Waals surface area (Å²) in [5, 5.41) is 12.1. The molecule has 2 heterocycles. The van der Waals surface area contributed by atoms with Gasteiger partial charge in [0.1, 0.15) is 5.82 Å². The average Bonchev–Trinajstić information content (AvgIpc) is 3.15. The number of aromatic nitrogens is 1. The first-order chi connectivity index (χ1) is 15.7. The summed E-state index contributed by atoms with van der Waals surface area (Å²) in [6, 6.07) is 15.2. The van der Waals surface area contributed by atoms with E-state index in [2.05, 4.69) is 32.4 Å². The van der Waals surface area contributed by atoms with Crippen molar-refractivity contribution in [1.82, 2.24) is 4.98 Å². The van der Waals surface area contributed by atoms with Crippen LogP contribution in [0.15, 0.2) is 48.5 Å². The lowest BCUT2D eigenvalue weighted by atomic mass is 10.00. The maximum Gasteiger partial charge on any atom is 0.255 e. The Bertz CT molecular complexity index is 1260. The second kappa shape index (κ2) is 8.92. The second-order valence-electron chi connectivity index (χ2n) is 8.96. The standard InChI is InChI=1S/C26H26FN4OP/c1-16-4-9-22(27)20(12-16)21-13-17(2)29-24(31-11-10-26(3,33)15-31)23(21)30-25(32)19-7-5-18(14-28)6-8-19/h4-9,12-13H,10-11,15,33H2,1-3H3,(H,30,32). The molecular weight excluding hydrogens is 434 g/mol. The average molecular weight is 460 g/mol. The zero-order valence-electron chi connectivity index (χ0n) is 18.9. The van der Waals surface area contributed by atoms with Gasteiger partial charge in [0, 0.05) is 40.6 Å². The van der Waals surface area contributed by atoms with E-state index in [9.17, 15) is 9.18 Å². The van der Waals surface area contributed by atoms with Gasteiger partial charge in [-0.25, -0.2) is 9.37 Å². The Kier molecular flexibility index (Phi) is 6.19. The van der Waals surface area contributed by atoms with Gasteiger partial charge in [-0.1, -0.05) is 18.6 Å². The van der Waals surface area contributed by atoms with E-state index < -0.39 is 0 Å². The van der Waals surface area contributed by atoms with E-state index in [0.717, 1.165) is 30.8 Å². The Hall–Kier alpha value is -3.29. The second-order valence-corrected chi connectivity index (χ2v) is 10.4. The van der Waals surface area contributed by atoms with E-state index in [-0.39, 0.29) is 16.9 Å². The van der Waals surface area contributed by atoms with Crippen LogP contribution in [0.5, 0.6) is 0 Å². The molecule has 0 radical (unpaired) electrons. The molecule has 0 aliphatic carbocycles. The number of pyridine rings is 1. The lowest BCUT2D eigenvalue weighted by Crippen LogP contribution is -2.27. The van der Waals surface area contributed by atoms with Gasteiger partial charge in [0.05, 0.1) is 17.3 Å². The number of carbonyl (C=O) groups excluding carboxylic acids is 1. The lowest BCUT2D eigenvalue weighted by Gasteiger charge is -2.25. The molecule has 1 aromatic heterocycles. The molecule has 1 aliphatic rings. The fourth-order valence-electron chi connectivity index (χ4n) is 4.11. The minimum Gasteiger partial charge on any atom is -0.354 e. The molecule has 1 N–H and O–H groups in total. The normalized spacial score (nSPS) is 17.6. The number of nitrogens with zero attached hydrogens (tertiary/aromatic N) is 3. The van der Waals surface area contributed by atoms with Crippen LogP contribution in [-0.2, 0) is 0 Å². The van der Waals surface area contributed by atoms with Gasteiger partial charge in [0.2, 0.25) is 0 Å². The number of benzene rings is 2. The predicted molar refractivity (Wildman–Crippen MR) is 133 cm³/mol. The van der Waals surface area contributed by atoms with Crippen molar-refractivity contribution in [3.05, 3.63) is 76.7 Å². The van der Waals surface area contributed by atoms with Gasteiger partial charge < -0.3 is 10.2 Å². The van der Waals surface area contributed by atoms with Crippen LogP contribution in [0.25, 0.3) is 11.1 Å². The van der Waals surface area contributed by atoms with Crippen molar-refractivity contribution in [3.63, 3.8) is 0 Å². The minimum atomic E-state index is -0.358. The third-order valence-electron chi connectivity index (χ3n) is 5.86. The van der Waals surface area contributed by atoms with Crippen LogP contribution in [0.3, 0.4) is 0 Å². The van der Waals surface area contributed by atoms with Crippen LogP contribution in [-0.4, -0.2) is 29.1 Å². The van der Waals surface area contributed by atoms with Crippen molar-refractivity contribution >= 4 is 26.7 Å². The SMILES string of the molecule is Cc1ccc(F)c(-c2cc(C)nc(N3CCC(C)(P)C3)c2NC(=O)c2ccc(C#N)cc2)c1. The molecule has 2 aromatic carbocycles. The fraction of sp³-hybridized carbons (Fsp3) is 0.269. The maximum absolute atomic E-state index is 15.0. The summed E-state index contributed by atoms with van der Waals surface area (Å²) >= 11 is 0. The van der Waals surface area contributed by atoms with Crippen LogP contribution < -0.4 is 10.2 Å². The molecule has 0 spiro atoms. The van der Waals surface area contributed by atoms with Crippen molar-refractivity contribution in [2.24, 2.45) is 0 Å². The number of hydrogen-bond donors (Lipinski definition) is 1. The Morgan fingerprint density at radius 1 is 1.18 bits per heavy atom. The number of hydrogen-bond acceptors (Lipinski definition) is 4. The number of nitriles is 1. The number of rotatable bonds is 4. The topological polar surface area (TPSA) is 69.0 Å². The van der Waals surface area contributed by atoms with Gasteiger partial charge in [-0.15, -0.1) is 9.24 Å². The van der Waals surface area contributed by atoms with Crippen molar-refractivity contribution in [1.29, 1.82) is 5.26 Å². The molecule has 1 aliphatic heterocycles. The number of anilines is 2. The van der Waals surface area contributed by atoms with Gasteiger partial charge in [-0.2, -0.15) is 5.26 Å². The van der Waals surface area contributed by atoms with Gasteiger partial charge in [0.25, 0.3) is 5.91 Å². The van der Waals surface area contributed by atoms with Gasteiger partial charge >= 0.3 is 0 Å². The summed E-state index contributed by atoms with van der Waals surface area (Å²) in [6.45, 7) is 7.50. The van der Waals surface area contributed by atoms with E-state index >= 15 is 0 Å². The molecule has 0 bridgehead atoms. The smallest absolute Gasteiger partial charge is 0.255 e. The number of halogens is 1. The molecule has 7 heteroatoms. The highest BCUT2D eigenvalue weighted by Gasteiger charge is 2.33. The van der Waals surface area contributed by atoms with Gasteiger partial charge in [0.15, 0.2) is 5.82 Å². The molecule has 1 amide bonds. The zero-order valence-corrected chi connectivity index (χ0v) is 20.1. The highest BCUT2D eigenvalue weighted by atomic mass is 31.0. The molecule has 3 aromatic rings. The maximum atomic E-state index is 15.0. The van der Waals surface area contributed by atoms with Crippen molar-refractivity contribution in [2.75, 3.05) is 23.3 Å². The Morgan fingerprint density at radius 2 is 1.91 bits per heavy atom. The van der Waals surface area contributed by atoms with Crippen molar-refractivity contribution in [2.45, 2.75) is 32.3 Å². The molecule has 2 unspecified atom stereocenters.